The Hall–Kier alpha value is -1.45. The van der Waals surface area contributed by atoms with Gasteiger partial charge >= 0.3 is 5.69 Å². The number of rotatable bonds is 1. The monoisotopic (exact) mass is 124 g/mol. The molecule has 0 atom stereocenters. The highest BCUT2D eigenvalue weighted by molar-refractivity contribution is 5.70. The number of aromatic amines is 1. The normalized spacial score (nSPS) is 8.89. The third-order valence-electron chi connectivity index (χ3n) is 0.824. The lowest BCUT2D eigenvalue weighted by Crippen LogP contribution is -2.10. The van der Waals surface area contributed by atoms with Crippen LogP contribution < -0.4 is 5.69 Å². The molecular weight excluding hydrogens is 120 g/mol. The van der Waals surface area contributed by atoms with E-state index >= 15 is 0 Å². The second-order valence-electron chi connectivity index (χ2n) is 1.45. The number of nitrogens with one attached hydrogen (secondary N) is 1. The molecule has 4 heteroatoms. The second-order valence-corrected chi connectivity index (χ2v) is 1.45. The van der Waals surface area contributed by atoms with Crippen LogP contribution in [0.15, 0.2) is 17.1 Å². The maximum atomic E-state index is 10.3. The zero-order chi connectivity index (χ0) is 6.69. The van der Waals surface area contributed by atoms with E-state index in [0.717, 1.165) is 0 Å². The Kier molecular flexibility index (Phi) is 1.40. The van der Waals surface area contributed by atoms with E-state index in [2.05, 4.69) is 9.97 Å². The Balaban J connectivity index is 3.23. The van der Waals surface area contributed by atoms with Crippen LogP contribution in [0.5, 0.6) is 0 Å². The average Bonchev–Trinajstić information content (AvgIpc) is 1.88. The minimum atomic E-state index is -0.500. The summed E-state index contributed by atoms with van der Waals surface area (Å²) >= 11 is 0. The molecule has 0 bridgehead atoms. The van der Waals surface area contributed by atoms with Gasteiger partial charge in [-0.2, -0.15) is 0 Å². The van der Waals surface area contributed by atoms with Gasteiger partial charge in [-0.3, -0.25) is 4.79 Å². The first-order valence-electron chi connectivity index (χ1n) is 2.33. The van der Waals surface area contributed by atoms with Gasteiger partial charge in [-0.05, 0) is 6.07 Å². The fourth-order valence-electron chi connectivity index (χ4n) is 0.451. The van der Waals surface area contributed by atoms with E-state index in [0.29, 0.717) is 6.29 Å². The molecule has 0 aliphatic heterocycles. The van der Waals surface area contributed by atoms with Gasteiger partial charge in [0.25, 0.3) is 0 Å². The quantitative estimate of drug-likeness (QED) is 0.517. The zero-order valence-corrected chi connectivity index (χ0v) is 4.50. The highest BCUT2D eigenvalue weighted by Crippen LogP contribution is 1.78. The molecule has 1 aromatic rings. The summed E-state index contributed by atoms with van der Waals surface area (Å²) in [5.41, 5.74) is -0.255. The lowest BCUT2D eigenvalue weighted by molar-refractivity contribution is 0.111. The molecule has 0 aliphatic carbocycles. The van der Waals surface area contributed by atoms with E-state index in [1.54, 1.807) is 0 Å². The van der Waals surface area contributed by atoms with Crippen molar-refractivity contribution in [1.82, 2.24) is 9.97 Å². The van der Waals surface area contributed by atoms with Crippen LogP contribution in [0.2, 0.25) is 0 Å². The minimum absolute atomic E-state index is 0.245. The molecule has 0 fully saturated rings. The number of nitrogens with zero attached hydrogens (tertiary/aromatic N) is 1. The van der Waals surface area contributed by atoms with E-state index in [9.17, 15) is 9.59 Å². The Bertz CT molecular complexity index is 266. The number of carbonyl (C=O) groups is 1. The van der Waals surface area contributed by atoms with E-state index < -0.39 is 5.69 Å². The molecule has 1 aromatic heterocycles. The van der Waals surface area contributed by atoms with Crippen molar-refractivity contribution in [1.29, 1.82) is 0 Å². The molecule has 1 rings (SSSR count). The van der Waals surface area contributed by atoms with Crippen molar-refractivity contribution in [2.75, 3.05) is 0 Å². The van der Waals surface area contributed by atoms with Crippen molar-refractivity contribution >= 4 is 6.29 Å². The molecule has 0 radical (unpaired) electrons. The maximum absolute atomic E-state index is 10.3. The molecule has 0 amide bonds. The number of hydrogen-bond acceptors (Lipinski definition) is 3. The summed E-state index contributed by atoms with van der Waals surface area (Å²) in [6.07, 6.45) is 1.84. The molecule has 0 saturated heterocycles. The lowest BCUT2D eigenvalue weighted by Gasteiger charge is -1.83. The summed E-state index contributed by atoms with van der Waals surface area (Å²) in [5, 5.41) is 0. The highest BCUT2D eigenvalue weighted by Gasteiger charge is 1.86. The van der Waals surface area contributed by atoms with Gasteiger partial charge in [-0.1, -0.05) is 0 Å². The summed E-state index contributed by atoms with van der Waals surface area (Å²) in [6, 6.07) is 1.42. The summed E-state index contributed by atoms with van der Waals surface area (Å²) < 4.78 is 0. The highest BCUT2D eigenvalue weighted by atomic mass is 16.1. The van der Waals surface area contributed by atoms with Crippen LogP contribution in [0.1, 0.15) is 10.5 Å². The largest absolute Gasteiger partial charge is 0.345 e. The van der Waals surface area contributed by atoms with Crippen molar-refractivity contribution in [3.05, 3.63) is 28.4 Å². The lowest BCUT2D eigenvalue weighted by atomic mass is 10.5. The van der Waals surface area contributed by atoms with E-state index in [-0.39, 0.29) is 5.69 Å². The molecule has 0 aliphatic rings. The summed E-state index contributed by atoms with van der Waals surface area (Å²) in [4.78, 5) is 25.8. The van der Waals surface area contributed by atoms with Crippen molar-refractivity contribution in [3.8, 4) is 0 Å². The molecule has 46 valence electrons. The molecular formula is C5H4N2O2. The average molecular weight is 124 g/mol. The Labute approximate surface area is 50.6 Å². The predicted octanol–water partition coefficient (Wildman–Crippen LogP) is -0.418. The first-order valence-corrected chi connectivity index (χ1v) is 2.33. The molecule has 0 unspecified atom stereocenters. The van der Waals surface area contributed by atoms with Gasteiger partial charge in [-0.25, -0.2) is 9.78 Å². The van der Waals surface area contributed by atoms with Gasteiger partial charge in [-0.15, -0.1) is 0 Å². The van der Waals surface area contributed by atoms with Gasteiger partial charge in [0.1, 0.15) is 0 Å². The smallest absolute Gasteiger partial charge is 0.303 e. The third-order valence-corrected chi connectivity index (χ3v) is 0.824. The maximum Gasteiger partial charge on any atom is 0.345 e. The van der Waals surface area contributed by atoms with Gasteiger partial charge < -0.3 is 4.98 Å². The number of hydrogen-bond donors (Lipinski definition) is 1. The van der Waals surface area contributed by atoms with E-state index in [1.807, 2.05) is 0 Å². The van der Waals surface area contributed by atoms with Crippen molar-refractivity contribution in [3.63, 3.8) is 0 Å². The Morgan fingerprint density at radius 3 is 2.89 bits per heavy atom. The van der Waals surface area contributed by atoms with Crippen molar-refractivity contribution in [2.24, 2.45) is 0 Å². The second kappa shape index (κ2) is 2.21. The van der Waals surface area contributed by atoms with Crippen LogP contribution in [-0.2, 0) is 0 Å². The molecule has 1 heterocycles. The molecule has 9 heavy (non-hydrogen) atoms. The minimum Gasteiger partial charge on any atom is -0.303 e. The van der Waals surface area contributed by atoms with Crippen molar-refractivity contribution in [2.45, 2.75) is 0 Å². The van der Waals surface area contributed by atoms with Gasteiger partial charge in [0.05, 0.1) is 5.69 Å². The topological polar surface area (TPSA) is 62.8 Å². The molecule has 0 aromatic carbocycles. The SMILES string of the molecule is O=Cc1ccnc(=O)[nH]1. The van der Waals surface area contributed by atoms with Crippen LogP contribution in [0.25, 0.3) is 0 Å². The summed E-state index contributed by atoms with van der Waals surface area (Å²) in [5.74, 6) is 0. The fraction of sp³-hybridized carbons (Fsp3) is 0. The number of H-pyrrole nitrogens is 1. The molecule has 0 spiro atoms. The molecule has 1 N–H and O–H groups in total. The standard InChI is InChI=1S/C5H4N2O2/c8-3-4-1-2-6-5(9)7-4/h1-3H,(H,6,7,9). The molecule has 4 nitrogen and oxygen atoms in total. The van der Waals surface area contributed by atoms with Crippen molar-refractivity contribution < 1.29 is 4.79 Å². The summed E-state index contributed by atoms with van der Waals surface area (Å²) in [7, 11) is 0. The number of aldehydes is 1. The van der Waals surface area contributed by atoms with E-state index in [4.69, 9.17) is 0 Å². The first kappa shape index (κ1) is 5.68. The first-order chi connectivity index (χ1) is 4.33. The Morgan fingerprint density at radius 2 is 2.44 bits per heavy atom. The number of carbonyl (C=O) groups excluding carboxylic acids is 1. The summed E-state index contributed by atoms with van der Waals surface area (Å²) in [6.45, 7) is 0. The van der Waals surface area contributed by atoms with E-state index in [1.165, 1.54) is 12.3 Å². The van der Waals surface area contributed by atoms with Crippen LogP contribution in [0.3, 0.4) is 0 Å². The van der Waals surface area contributed by atoms with Crippen LogP contribution in [-0.4, -0.2) is 16.3 Å². The zero-order valence-electron chi connectivity index (χ0n) is 4.50. The number of aromatic nitrogens is 2. The fourth-order valence-corrected chi connectivity index (χ4v) is 0.451. The van der Waals surface area contributed by atoms with Gasteiger partial charge in [0.15, 0.2) is 6.29 Å². The van der Waals surface area contributed by atoms with Crippen LogP contribution in [0.4, 0.5) is 0 Å². The molecule has 0 saturated carbocycles. The predicted molar refractivity (Wildman–Crippen MR) is 30.2 cm³/mol. The third kappa shape index (κ3) is 1.22. The van der Waals surface area contributed by atoms with Gasteiger partial charge in [0.2, 0.25) is 0 Å². The van der Waals surface area contributed by atoms with Crippen LogP contribution in [0, 0.1) is 0 Å². The van der Waals surface area contributed by atoms with Crippen LogP contribution >= 0.6 is 0 Å². The van der Waals surface area contributed by atoms with Gasteiger partial charge in [0, 0.05) is 6.20 Å². The Morgan fingerprint density at radius 1 is 1.67 bits per heavy atom.